The maximum Gasteiger partial charge on any atom is 0.253 e. The first-order chi connectivity index (χ1) is 17.9. The van der Waals surface area contributed by atoms with E-state index < -0.39 is 0 Å². The SMILES string of the molecule is CCCN(CCC)C(=O)c1cccc(C(=O)N[C@@H](CC(C)(C)C)[C@@H](N)C[C@@H](C)C(=O)NCC(CC)CC)c1. The van der Waals surface area contributed by atoms with Crippen molar-refractivity contribution in [2.75, 3.05) is 19.6 Å². The Morgan fingerprint density at radius 1 is 0.974 bits per heavy atom. The van der Waals surface area contributed by atoms with Crippen LogP contribution in [0.3, 0.4) is 0 Å². The zero-order valence-corrected chi connectivity index (χ0v) is 25.2. The van der Waals surface area contributed by atoms with Crippen molar-refractivity contribution in [3.63, 3.8) is 0 Å². The lowest BCUT2D eigenvalue weighted by Crippen LogP contribution is -2.51. The lowest BCUT2D eigenvalue weighted by atomic mass is 9.83. The van der Waals surface area contributed by atoms with Crippen molar-refractivity contribution in [1.29, 1.82) is 0 Å². The minimum absolute atomic E-state index is 0.00288. The van der Waals surface area contributed by atoms with E-state index in [0.29, 0.717) is 49.5 Å². The molecule has 0 radical (unpaired) electrons. The fourth-order valence-corrected chi connectivity index (χ4v) is 4.73. The predicted molar refractivity (Wildman–Crippen MR) is 157 cm³/mol. The summed E-state index contributed by atoms with van der Waals surface area (Å²) in [6.07, 6.45) is 4.97. The van der Waals surface area contributed by atoms with E-state index in [0.717, 1.165) is 25.7 Å². The van der Waals surface area contributed by atoms with E-state index in [2.05, 4.69) is 59.1 Å². The molecule has 216 valence electrons. The molecule has 0 aliphatic rings. The summed E-state index contributed by atoms with van der Waals surface area (Å²) in [5, 5.41) is 6.20. The van der Waals surface area contributed by atoms with Crippen LogP contribution in [0.15, 0.2) is 24.3 Å². The number of carbonyl (C=O) groups excluding carboxylic acids is 3. The minimum atomic E-state index is -0.388. The Bertz CT molecular complexity index is 870. The van der Waals surface area contributed by atoms with Gasteiger partial charge < -0.3 is 21.3 Å². The molecule has 0 saturated carbocycles. The molecule has 0 spiro atoms. The van der Waals surface area contributed by atoms with Crippen molar-refractivity contribution in [3.8, 4) is 0 Å². The topological polar surface area (TPSA) is 105 Å². The Morgan fingerprint density at radius 2 is 1.55 bits per heavy atom. The molecule has 7 nitrogen and oxygen atoms in total. The van der Waals surface area contributed by atoms with Gasteiger partial charge in [0.15, 0.2) is 0 Å². The van der Waals surface area contributed by atoms with Crippen molar-refractivity contribution in [2.45, 2.75) is 106 Å². The molecular formula is C31H54N4O3. The number of rotatable bonds is 16. The fourth-order valence-electron chi connectivity index (χ4n) is 4.73. The predicted octanol–water partition coefficient (Wildman–Crippen LogP) is 5.39. The summed E-state index contributed by atoms with van der Waals surface area (Å²) in [6.45, 7) is 18.7. The highest BCUT2D eigenvalue weighted by atomic mass is 16.2. The van der Waals surface area contributed by atoms with E-state index in [1.54, 1.807) is 24.3 Å². The quantitative estimate of drug-likeness (QED) is 0.266. The van der Waals surface area contributed by atoms with Gasteiger partial charge in [0, 0.05) is 48.8 Å². The smallest absolute Gasteiger partial charge is 0.253 e. The van der Waals surface area contributed by atoms with E-state index in [4.69, 9.17) is 5.73 Å². The Morgan fingerprint density at radius 3 is 2.08 bits per heavy atom. The van der Waals surface area contributed by atoms with E-state index in [-0.39, 0.29) is 41.1 Å². The van der Waals surface area contributed by atoms with E-state index in [9.17, 15) is 14.4 Å². The third-order valence-electron chi connectivity index (χ3n) is 7.10. The third-order valence-corrected chi connectivity index (χ3v) is 7.10. The summed E-state index contributed by atoms with van der Waals surface area (Å²) in [7, 11) is 0. The largest absolute Gasteiger partial charge is 0.356 e. The average Bonchev–Trinajstić information content (AvgIpc) is 2.87. The molecule has 4 N–H and O–H groups in total. The van der Waals surface area contributed by atoms with Crippen molar-refractivity contribution >= 4 is 17.7 Å². The fraction of sp³-hybridized carbons (Fsp3) is 0.710. The zero-order chi connectivity index (χ0) is 28.9. The number of nitrogens with one attached hydrogen (secondary N) is 2. The molecule has 0 bridgehead atoms. The van der Waals surface area contributed by atoms with E-state index in [1.807, 2.05) is 11.8 Å². The van der Waals surface area contributed by atoms with Gasteiger partial charge in [0.2, 0.25) is 5.91 Å². The highest BCUT2D eigenvalue weighted by molar-refractivity contribution is 5.99. The van der Waals surface area contributed by atoms with Crippen LogP contribution in [-0.4, -0.2) is 54.3 Å². The average molecular weight is 531 g/mol. The van der Waals surface area contributed by atoms with Gasteiger partial charge in [0.1, 0.15) is 0 Å². The van der Waals surface area contributed by atoms with Gasteiger partial charge >= 0.3 is 0 Å². The molecule has 0 aliphatic carbocycles. The van der Waals surface area contributed by atoms with Gasteiger partial charge in [-0.25, -0.2) is 0 Å². The number of nitrogens with two attached hydrogens (primary N) is 1. The summed E-state index contributed by atoms with van der Waals surface area (Å²) >= 11 is 0. The van der Waals surface area contributed by atoms with Crippen LogP contribution in [0.5, 0.6) is 0 Å². The maximum atomic E-state index is 13.3. The van der Waals surface area contributed by atoms with Crippen LogP contribution < -0.4 is 16.4 Å². The number of nitrogens with zero attached hydrogens (tertiary/aromatic N) is 1. The summed E-state index contributed by atoms with van der Waals surface area (Å²) in [6, 6.07) is 6.21. The van der Waals surface area contributed by atoms with Gasteiger partial charge in [-0.1, -0.05) is 74.3 Å². The molecule has 3 amide bonds. The van der Waals surface area contributed by atoms with Crippen LogP contribution in [-0.2, 0) is 4.79 Å². The van der Waals surface area contributed by atoms with Crippen molar-refractivity contribution in [3.05, 3.63) is 35.4 Å². The minimum Gasteiger partial charge on any atom is -0.356 e. The Hall–Kier alpha value is -2.41. The van der Waals surface area contributed by atoms with Crippen LogP contribution in [0.1, 0.15) is 115 Å². The molecule has 0 fully saturated rings. The molecule has 1 aromatic carbocycles. The van der Waals surface area contributed by atoms with Gasteiger partial charge in [-0.05, 0) is 55.2 Å². The van der Waals surface area contributed by atoms with Crippen molar-refractivity contribution < 1.29 is 14.4 Å². The van der Waals surface area contributed by atoms with Crippen molar-refractivity contribution in [2.24, 2.45) is 23.0 Å². The maximum absolute atomic E-state index is 13.3. The van der Waals surface area contributed by atoms with Crippen LogP contribution in [0.4, 0.5) is 0 Å². The first-order valence-corrected chi connectivity index (χ1v) is 14.6. The van der Waals surface area contributed by atoms with Crippen LogP contribution in [0, 0.1) is 17.3 Å². The number of benzene rings is 1. The molecule has 1 rings (SSSR count). The third kappa shape index (κ3) is 11.5. The second-order valence-electron chi connectivity index (χ2n) is 11.9. The lowest BCUT2D eigenvalue weighted by molar-refractivity contribution is -0.125. The standard InChI is InChI=1S/C31H54N4O3/c1-9-16-35(17-10-2)30(38)25-15-13-14-24(19-25)29(37)34-27(20-31(6,7)8)26(32)18-22(5)28(36)33-21-23(11-3)12-4/h13-15,19,22-23,26-27H,9-12,16-18,20-21,32H2,1-8H3,(H,33,36)(H,34,37)/t22-,26+,27+/m1/s1. The lowest BCUT2D eigenvalue weighted by Gasteiger charge is -2.32. The molecule has 3 atom stereocenters. The zero-order valence-electron chi connectivity index (χ0n) is 25.2. The van der Waals surface area contributed by atoms with Gasteiger partial charge in [-0.2, -0.15) is 0 Å². The molecule has 0 aromatic heterocycles. The Balaban J connectivity index is 2.99. The summed E-state index contributed by atoms with van der Waals surface area (Å²) in [5.74, 6) is -0.0930. The number of hydrogen-bond acceptors (Lipinski definition) is 4. The first-order valence-electron chi connectivity index (χ1n) is 14.6. The second kappa shape index (κ2) is 16.5. The molecule has 1 aromatic rings. The van der Waals surface area contributed by atoms with Gasteiger partial charge in [-0.15, -0.1) is 0 Å². The normalized spacial score (nSPS) is 14.1. The van der Waals surface area contributed by atoms with Crippen LogP contribution in [0.25, 0.3) is 0 Å². The van der Waals surface area contributed by atoms with Gasteiger partial charge in [0.05, 0.1) is 0 Å². The van der Waals surface area contributed by atoms with Gasteiger partial charge in [0.25, 0.3) is 11.8 Å². The molecule has 0 heterocycles. The monoisotopic (exact) mass is 530 g/mol. The molecular weight excluding hydrogens is 476 g/mol. The Kier molecular flexibility index (Phi) is 14.6. The Labute approximate surface area is 231 Å². The highest BCUT2D eigenvalue weighted by Crippen LogP contribution is 2.24. The van der Waals surface area contributed by atoms with Gasteiger partial charge in [-0.3, -0.25) is 14.4 Å². The summed E-state index contributed by atoms with van der Waals surface area (Å²) in [5.41, 5.74) is 7.50. The first kappa shape index (κ1) is 33.6. The summed E-state index contributed by atoms with van der Waals surface area (Å²) in [4.78, 5) is 41.0. The summed E-state index contributed by atoms with van der Waals surface area (Å²) < 4.78 is 0. The molecule has 0 unspecified atom stereocenters. The molecule has 7 heteroatoms. The van der Waals surface area contributed by atoms with Crippen molar-refractivity contribution in [1.82, 2.24) is 15.5 Å². The molecule has 0 saturated heterocycles. The van der Waals surface area contributed by atoms with E-state index >= 15 is 0 Å². The number of carbonyl (C=O) groups is 3. The van der Waals surface area contributed by atoms with E-state index in [1.165, 1.54) is 0 Å². The number of hydrogen-bond donors (Lipinski definition) is 3. The number of amides is 3. The second-order valence-corrected chi connectivity index (χ2v) is 11.9. The highest BCUT2D eigenvalue weighted by Gasteiger charge is 2.29. The molecule has 0 aliphatic heterocycles. The molecule has 38 heavy (non-hydrogen) atoms. The van der Waals surface area contributed by atoms with Crippen LogP contribution in [0.2, 0.25) is 0 Å². The van der Waals surface area contributed by atoms with Crippen LogP contribution >= 0.6 is 0 Å².